The van der Waals surface area contributed by atoms with Crippen LogP contribution in [-0.2, 0) is 24.4 Å². The lowest BCUT2D eigenvalue weighted by Gasteiger charge is -2.11. The second-order valence-corrected chi connectivity index (χ2v) is 4.80. The molecule has 0 saturated carbocycles. The van der Waals surface area contributed by atoms with Crippen LogP contribution in [0.1, 0.15) is 12.7 Å². The third kappa shape index (κ3) is 3.55. The predicted molar refractivity (Wildman–Crippen MR) is 56.2 cm³/mol. The summed E-state index contributed by atoms with van der Waals surface area (Å²) >= 11 is 0. The Morgan fingerprint density at radius 2 is 2.43 bits per heavy atom. The van der Waals surface area contributed by atoms with Crippen molar-refractivity contribution in [3.05, 3.63) is 12.2 Å². The number of hydrogen-bond acceptors (Lipinski definition) is 4. The number of hydrogen-bond donors (Lipinski definition) is 1. The van der Waals surface area contributed by atoms with Crippen molar-refractivity contribution in [1.29, 1.82) is 0 Å². The van der Waals surface area contributed by atoms with Gasteiger partial charge in [0.1, 0.15) is 12.2 Å². The summed E-state index contributed by atoms with van der Waals surface area (Å²) in [5, 5.41) is 7.20. The van der Waals surface area contributed by atoms with Gasteiger partial charge < -0.3 is 5.32 Å². The summed E-state index contributed by atoms with van der Waals surface area (Å²) in [6, 6.07) is 0.234. The van der Waals surface area contributed by atoms with Gasteiger partial charge in [-0.1, -0.05) is 0 Å². The average molecular weight is 216 g/mol. The van der Waals surface area contributed by atoms with Crippen LogP contribution in [0.4, 0.5) is 0 Å². The molecule has 1 rings (SSSR count). The molecule has 14 heavy (non-hydrogen) atoms. The lowest BCUT2D eigenvalue weighted by Crippen LogP contribution is -2.31. The van der Waals surface area contributed by atoms with Crippen LogP contribution in [0.2, 0.25) is 0 Å². The summed E-state index contributed by atoms with van der Waals surface area (Å²) in [4.78, 5) is 4.08. The molecule has 6 heteroatoms. The van der Waals surface area contributed by atoms with E-state index in [2.05, 4.69) is 15.4 Å². The lowest BCUT2D eigenvalue weighted by atomic mass is 10.4. The van der Waals surface area contributed by atoms with Gasteiger partial charge in [-0.3, -0.25) is 8.89 Å². The van der Waals surface area contributed by atoms with Crippen molar-refractivity contribution in [2.45, 2.75) is 19.5 Å². The molecule has 0 aliphatic carbocycles. The largest absolute Gasteiger partial charge is 0.306 e. The Labute approximate surface area is 86.4 Å². The summed E-state index contributed by atoms with van der Waals surface area (Å²) in [6.45, 7) is 2.67. The molecule has 0 radical (unpaired) electrons. The monoisotopic (exact) mass is 216 g/mol. The molecule has 80 valence electrons. The predicted octanol–water partition coefficient (Wildman–Crippen LogP) is -0.328. The molecule has 1 aromatic heterocycles. The van der Waals surface area contributed by atoms with Gasteiger partial charge >= 0.3 is 0 Å². The molecule has 0 amide bonds. The van der Waals surface area contributed by atoms with Crippen molar-refractivity contribution in [3.8, 4) is 0 Å². The Balaban J connectivity index is 2.34. The first-order valence-electron chi connectivity index (χ1n) is 4.46. The van der Waals surface area contributed by atoms with Crippen molar-refractivity contribution in [3.63, 3.8) is 0 Å². The van der Waals surface area contributed by atoms with E-state index in [-0.39, 0.29) is 6.04 Å². The van der Waals surface area contributed by atoms with Crippen molar-refractivity contribution in [1.82, 2.24) is 20.1 Å². The van der Waals surface area contributed by atoms with Gasteiger partial charge in [-0.05, 0) is 6.92 Å². The maximum Gasteiger partial charge on any atom is 0.140 e. The first-order chi connectivity index (χ1) is 6.59. The zero-order valence-corrected chi connectivity index (χ0v) is 9.54. The minimum absolute atomic E-state index is 0.234. The van der Waals surface area contributed by atoms with E-state index in [0.29, 0.717) is 12.3 Å². The van der Waals surface area contributed by atoms with E-state index in [9.17, 15) is 4.21 Å². The third-order valence-electron chi connectivity index (χ3n) is 1.90. The van der Waals surface area contributed by atoms with Crippen LogP contribution in [0.5, 0.6) is 0 Å². The molecule has 0 fully saturated rings. The van der Waals surface area contributed by atoms with Crippen LogP contribution in [0.25, 0.3) is 0 Å². The normalized spacial score (nSPS) is 15.4. The molecule has 1 N–H and O–H groups in total. The van der Waals surface area contributed by atoms with E-state index in [1.165, 1.54) is 6.33 Å². The molecule has 0 aliphatic rings. The highest BCUT2D eigenvalue weighted by Crippen LogP contribution is 1.92. The van der Waals surface area contributed by atoms with Gasteiger partial charge in [-0.25, -0.2) is 4.98 Å². The van der Waals surface area contributed by atoms with Crippen LogP contribution in [0.3, 0.4) is 0 Å². The quantitative estimate of drug-likeness (QED) is 0.732. The fourth-order valence-electron chi connectivity index (χ4n) is 1.16. The van der Waals surface area contributed by atoms with Crippen LogP contribution in [0.15, 0.2) is 6.33 Å². The molecule has 0 aliphatic heterocycles. The fraction of sp³-hybridized carbons (Fsp3) is 0.750. The standard InChI is InChI=1S/C8H16N4OS/c1-7(5-14(3)13)9-4-8-10-6-11-12(8)2/h6-7,9H,4-5H2,1-3H3. The second kappa shape index (κ2) is 5.21. The van der Waals surface area contributed by atoms with Gasteiger partial charge in [-0.2, -0.15) is 5.10 Å². The summed E-state index contributed by atoms with van der Waals surface area (Å²) < 4.78 is 12.6. The molecule has 2 atom stereocenters. The lowest BCUT2D eigenvalue weighted by molar-refractivity contribution is 0.552. The highest BCUT2D eigenvalue weighted by molar-refractivity contribution is 7.84. The Morgan fingerprint density at radius 1 is 1.71 bits per heavy atom. The van der Waals surface area contributed by atoms with Crippen LogP contribution in [0, 0.1) is 0 Å². The number of rotatable bonds is 5. The topological polar surface area (TPSA) is 59.8 Å². The Hall–Kier alpha value is -0.750. The van der Waals surface area contributed by atoms with E-state index in [0.717, 1.165) is 5.82 Å². The van der Waals surface area contributed by atoms with Crippen molar-refractivity contribution in [2.24, 2.45) is 7.05 Å². The summed E-state index contributed by atoms with van der Waals surface area (Å²) in [5.41, 5.74) is 0. The highest BCUT2D eigenvalue weighted by Gasteiger charge is 2.05. The molecule has 1 heterocycles. The number of nitrogens with one attached hydrogen (secondary N) is 1. The average Bonchev–Trinajstić information content (AvgIpc) is 2.46. The van der Waals surface area contributed by atoms with Gasteiger partial charge in [0, 0.05) is 35.9 Å². The zero-order chi connectivity index (χ0) is 10.6. The van der Waals surface area contributed by atoms with Crippen molar-refractivity contribution in [2.75, 3.05) is 12.0 Å². The molecule has 0 bridgehead atoms. The van der Waals surface area contributed by atoms with Gasteiger partial charge in [-0.15, -0.1) is 0 Å². The van der Waals surface area contributed by atoms with Gasteiger partial charge in [0.2, 0.25) is 0 Å². The van der Waals surface area contributed by atoms with E-state index in [1.54, 1.807) is 10.9 Å². The molecule has 0 spiro atoms. The van der Waals surface area contributed by atoms with Crippen LogP contribution < -0.4 is 5.32 Å². The van der Waals surface area contributed by atoms with E-state index < -0.39 is 10.8 Å². The number of aryl methyl sites for hydroxylation is 1. The van der Waals surface area contributed by atoms with Crippen molar-refractivity contribution < 1.29 is 4.21 Å². The van der Waals surface area contributed by atoms with Gasteiger partial charge in [0.05, 0.1) is 6.54 Å². The SMILES string of the molecule is CC(CS(C)=O)NCc1ncnn1C. The van der Waals surface area contributed by atoms with Gasteiger partial charge in [0.15, 0.2) is 0 Å². The molecule has 2 unspecified atom stereocenters. The minimum Gasteiger partial charge on any atom is -0.306 e. The first-order valence-corrected chi connectivity index (χ1v) is 6.18. The molecular weight excluding hydrogens is 200 g/mol. The highest BCUT2D eigenvalue weighted by atomic mass is 32.2. The molecule has 0 saturated heterocycles. The maximum atomic E-state index is 10.9. The Bertz CT molecular complexity index is 312. The summed E-state index contributed by atoms with van der Waals surface area (Å²) in [5.74, 6) is 1.55. The summed E-state index contributed by atoms with van der Waals surface area (Å²) in [7, 11) is 1.10. The van der Waals surface area contributed by atoms with Crippen LogP contribution >= 0.6 is 0 Å². The van der Waals surface area contributed by atoms with E-state index >= 15 is 0 Å². The molecular formula is C8H16N4OS. The molecule has 0 aromatic carbocycles. The maximum absolute atomic E-state index is 10.9. The smallest absolute Gasteiger partial charge is 0.140 e. The fourth-order valence-corrected chi connectivity index (χ4v) is 1.98. The third-order valence-corrected chi connectivity index (χ3v) is 2.87. The second-order valence-electron chi connectivity index (χ2n) is 3.32. The number of aromatic nitrogens is 3. The minimum atomic E-state index is -0.755. The van der Waals surface area contributed by atoms with Crippen molar-refractivity contribution >= 4 is 10.8 Å². The zero-order valence-electron chi connectivity index (χ0n) is 8.73. The van der Waals surface area contributed by atoms with E-state index in [1.807, 2.05) is 14.0 Å². The molecule has 5 nitrogen and oxygen atoms in total. The Morgan fingerprint density at radius 3 is 2.93 bits per heavy atom. The first kappa shape index (κ1) is 11.3. The van der Waals surface area contributed by atoms with E-state index in [4.69, 9.17) is 0 Å². The molecule has 1 aromatic rings. The van der Waals surface area contributed by atoms with Crippen LogP contribution in [-0.4, -0.2) is 37.0 Å². The Kier molecular flexibility index (Phi) is 4.21. The number of nitrogens with zero attached hydrogens (tertiary/aromatic N) is 3. The van der Waals surface area contributed by atoms with Gasteiger partial charge in [0.25, 0.3) is 0 Å². The summed E-state index contributed by atoms with van der Waals surface area (Å²) in [6.07, 6.45) is 3.24.